The molecular formula is C24H16N2O4. The Labute approximate surface area is 172 Å². The minimum atomic E-state index is 0.284. The highest BCUT2D eigenvalue weighted by Gasteiger charge is 2.19. The lowest BCUT2D eigenvalue weighted by molar-refractivity contribution is 0.111. The maximum absolute atomic E-state index is 11.5. The lowest BCUT2D eigenvalue weighted by Gasteiger charge is -2.16. The molecule has 2 heterocycles. The quantitative estimate of drug-likeness (QED) is 0.392. The first-order valence-corrected chi connectivity index (χ1v) is 9.14. The van der Waals surface area contributed by atoms with Gasteiger partial charge in [-0.25, -0.2) is 0 Å². The van der Waals surface area contributed by atoms with Crippen molar-refractivity contribution in [1.82, 2.24) is 9.97 Å². The van der Waals surface area contributed by atoms with Crippen LogP contribution < -0.4 is 9.47 Å². The van der Waals surface area contributed by atoms with Crippen molar-refractivity contribution in [3.8, 4) is 34.4 Å². The molecule has 0 atom stereocenters. The summed E-state index contributed by atoms with van der Waals surface area (Å²) in [5, 5.41) is 0. The molecule has 6 nitrogen and oxygen atoms in total. The summed E-state index contributed by atoms with van der Waals surface area (Å²) >= 11 is 0. The number of aldehydes is 2. The van der Waals surface area contributed by atoms with Gasteiger partial charge in [0.2, 0.25) is 0 Å². The summed E-state index contributed by atoms with van der Waals surface area (Å²) in [6, 6.07) is 20.8. The third-order valence-corrected chi connectivity index (χ3v) is 4.30. The van der Waals surface area contributed by atoms with Gasteiger partial charge in [-0.3, -0.25) is 19.6 Å². The minimum Gasteiger partial charge on any atom is -0.453 e. The zero-order valence-corrected chi connectivity index (χ0v) is 15.8. The monoisotopic (exact) mass is 396 g/mol. The summed E-state index contributed by atoms with van der Waals surface area (Å²) in [6.07, 6.45) is 4.66. The molecule has 0 N–H and O–H groups in total. The van der Waals surface area contributed by atoms with Crippen LogP contribution in [0.15, 0.2) is 85.2 Å². The van der Waals surface area contributed by atoms with Gasteiger partial charge >= 0.3 is 0 Å². The molecule has 0 aliphatic rings. The summed E-state index contributed by atoms with van der Waals surface area (Å²) in [7, 11) is 0. The summed E-state index contributed by atoms with van der Waals surface area (Å²) < 4.78 is 12.1. The Morgan fingerprint density at radius 1 is 0.600 bits per heavy atom. The molecule has 0 saturated heterocycles. The second-order valence-corrected chi connectivity index (χ2v) is 6.22. The molecule has 4 aromatic rings. The molecule has 0 aliphatic heterocycles. The molecule has 0 fully saturated rings. The van der Waals surface area contributed by atoms with E-state index in [0.29, 0.717) is 46.0 Å². The molecule has 0 amide bonds. The molecule has 4 rings (SSSR count). The highest BCUT2D eigenvalue weighted by molar-refractivity contribution is 5.81. The Morgan fingerprint density at radius 2 is 1.23 bits per heavy atom. The van der Waals surface area contributed by atoms with E-state index in [1.54, 1.807) is 79.1 Å². The zero-order chi connectivity index (χ0) is 20.8. The zero-order valence-electron chi connectivity index (χ0n) is 15.8. The molecule has 6 heteroatoms. The number of carbonyl (C=O) groups excluding carboxylic acids is 2. The number of pyridine rings is 2. The van der Waals surface area contributed by atoms with Gasteiger partial charge in [-0.2, -0.15) is 0 Å². The van der Waals surface area contributed by atoms with Gasteiger partial charge in [0.05, 0.1) is 16.8 Å². The summed E-state index contributed by atoms with van der Waals surface area (Å²) in [5.74, 6) is 1.34. The van der Waals surface area contributed by atoms with Crippen LogP contribution in [0.2, 0.25) is 0 Å². The third-order valence-electron chi connectivity index (χ3n) is 4.30. The van der Waals surface area contributed by atoms with Crippen molar-refractivity contribution in [2.45, 2.75) is 0 Å². The highest BCUT2D eigenvalue weighted by atomic mass is 16.5. The van der Waals surface area contributed by atoms with Crippen LogP contribution in [-0.2, 0) is 0 Å². The van der Waals surface area contributed by atoms with Gasteiger partial charge in [0.25, 0.3) is 0 Å². The fraction of sp³-hybridized carbons (Fsp3) is 0. The van der Waals surface area contributed by atoms with Gasteiger partial charge in [-0.05, 0) is 36.4 Å². The number of nitrogens with zero attached hydrogens (tertiary/aromatic N) is 2. The molecule has 30 heavy (non-hydrogen) atoms. The van der Waals surface area contributed by atoms with Gasteiger partial charge in [0, 0.05) is 18.5 Å². The topological polar surface area (TPSA) is 78.4 Å². The first-order chi connectivity index (χ1) is 14.8. The van der Waals surface area contributed by atoms with Gasteiger partial charge in [-0.15, -0.1) is 0 Å². The molecule has 2 aromatic carbocycles. The van der Waals surface area contributed by atoms with Crippen LogP contribution >= 0.6 is 0 Å². The molecule has 0 radical (unpaired) electrons. The number of para-hydroxylation sites is 2. The van der Waals surface area contributed by atoms with Crippen molar-refractivity contribution < 1.29 is 19.1 Å². The van der Waals surface area contributed by atoms with Crippen LogP contribution in [0.3, 0.4) is 0 Å². The largest absolute Gasteiger partial charge is 0.453 e. The normalized spacial score (nSPS) is 10.3. The Morgan fingerprint density at radius 3 is 1.87 bits per heavy atom. The lowest BCUT2D eigenvalue weighted by Crippen LogP contribution is -1.99. The summed E-state index contributed by atoms with van der Waals surface area (Å²) in [4.78, 5) is 31.6. The van der Waals surface area contributed by atoms with E-state index in [9.17, 15) is 9.59 Å². The summed E-state index contributed by atoms with van der Waals surface area (Å²) in [5.41, 5.74) is 1.79. The SMILES string of the molecule is O=Cc1ccccc1Oc1ccnc(-c2ccccn2)c1Oc1ccccc1C=O. The average molecular weight is 396 g/mol. The van der Waals surface area contributed by atoms with Crippen molar-refractivity contribution in [2.24, 2.45) is 0 Å². The van der Waals surface area contributed by atoms with Crippen molar-refractivity contribution in [3.63, 3.8) is 0 Å². The van der Waals surface area contributed by atoms with Crippen molar-refractivity contribution in [2.75, 3.05) is 0 Å². The first-order valence-electron chi connectivity index (χ1n) is 9.14. The predicted octanol–water partition coefficient (Wildman–Crippen LogP) is 5.35. The van der Waals surface area contributed by atoms with E-state index >= 15 is 0 Å². The molecule has 0 saturated carbocycles. The molecule has 0 unspecified atom stereocenters. The maximum atomic E-state index is 11.5. The highest BCUT2D eigenvalue weighted by Crippen LogP contribution is 2.41. The van der Waals surface area contributed by atoms with Crippen molar-refractivity contribution >= 4 is 12.6 Å². The molecule has 0 aliphatic carbocycles. The fourth-order valence-corrected chi connectivity index (χ4v) is 2.86. The molecule has 0 bridgehead atoms. The van der Waals surface area contributed by atoms with Gasteiger partial charge in [0.15, 0.2) is 24.1 Å². The van der Waals surface area contributed by atoms with E-state index in [1.165, 1.54) is 0 Å². The van der Waals surface area contributed by atoms with Crippen molar-refractivity contribution in [1.29, 1.82) is 0 Å². The van der Waals surface area contributed by atoms with Crippen LogP contribution in [0.4, 0.5) is 0 Å². The smallest absolute Gasteiger partial charge is 0.197 e. The second kappa shape index (κ2) is 8.79. The number of rotatable bonds is 7. The van der Waals surface area contributed by atoms with E-state index in [2.05, 4.69) is 9.97 Å². The summed E-state index contributed by atoms with van der Waals surface area (Å²) in [6.45, 7) is 0. The Bertz CT molecular complexity index is 1190. The van der Waals surface area contributed by atoms with Gasteiger partial charge < -0.3 is 9.47 Å². The standard InChI is InChI=1S/C24H16N2O4/c27-15-17-7-1-3-10-20(17)29-22-12-14-26-23(19-9-5-6-13-25-19)24(22)30-21-11-4-2-8-18(21)16-28/h1-16H. The Hall–Kier alpha value is -4.32. The van der Waals surface area contributed by atoms with Crippen LogP contribution in [0.5, 0.6) is 23.0 Å². The third kappa shape index (κ3) is 3.93. The molecule has 0 spiro atoms. The van der Waals surface area contributed by atoms with E-state index in [1.807, 2.05) is 6.07 Å². The predicted molar refractivity (Wildman–Crippen MR) is 111 cm³/mol. The first kappa shape index (κ1) is 19.0. The molecule has 146 valence electrons. The molecular weight excluding hydrogens is 380 g/mol. The Balaban J connectivity index is 1.85. The van der Waals surface area contributed by atoms with E-state index in [0.717, 1.165) is 6.29 Å². The number of hydrogen-bond acceptors (Lipinski definition) is 6. The maximum Gasteiger partial charge on any atom is 0.197 e. The van der Waals surface area contributed by atoms with Gasteiger partial charge in [0.1, 0.15) is 17.2 Å². The van der Waals surface area contributed by atoms with Gasteiger partial charge in [-0.1, -0.05) is 30.3 Å². The number of aromatic nitrogens is 2. The van der Waals surface area contributed by atoms with Crippen LogP contribution in [0.25, 0.3) is 11.4 Å². The second-order valence-electron chi connectivity index (χ2n) is 6.22. The minimum absolute atomic E-state index is 0.284. The average Bonchev–Trinajstić information content (AvgIpc) is 2.81. The number of carbonyl (C=O) groups is 2. The van der Waals surface area contributed by atoms with Crippen molar-refractivity contribution in [3.05, 3.63) is 96.3 Å². The fourth-order valence-electron chi connectivity index (χ4n) is 2.86. The number of hydrogen-bond donors (Lipinski definition) is 0. The van der Waals surface area contributed by atoms with E-state index < -0.39 is 0 Å². The Kier molecular flexibility index (Phi) is 5.57. The van der Waals surface area contributed by atoms with E-state index in [4.69, 9.17) is 9.47 Å². The van der Waals surface area contributed by atoms with Crippen LogP contribution in [0, 0.1) is 0 Å². The molecule has 2 aromatic heterocycles. The van der Waals surface area contributed by atoms with E-state index in [-0.39, 0.29) is 5.75 Å². The number of benzene rings is 2. The van der Waals surface area contributed by atoms with Crippen LogP contribution in [0.1, 0.15) is 20.7 Å². The number of ether oxygens (including phenoxy) is 2. The van der Waals surface area contributed by atoms with Crippen LogP contribution in [-0.4, -0.2) is 22.5 Å². The lowest BCUT2D eigenvalue weighted by atomic mass is 10.2.